The molecule has 0 saturated carbocycles. The molecule has 1 aromatic rings. The summed E-state index contributed by atoms with van der Waals surface area (Å²) in [5, 5.41) is 9.08. The van der Waals surface area contributed by atoms with Gasteiger partial charge in [0.15, 0.2) is 0 Å². The maximum Gasteiger partial charge on any atom is 0.337 e. The first-order valence-corrected chi connectivity index (χ1v) is 6.29. The molecule has 0 atom stereocenters. The van der Waals surface area contributed by atoms with Gasteiger partial charge in [0.25, 0.3) is 0 Å². The SMILES string of the molecule is Cc1cc(C(=O)O)c(C)n1CCN1CCOCC1. The van der Waals surface area contributed by atoms with E-state index in [1.807, 2.05) is 13.8 Å². The highest BCUT2D eigenvalue weighted by Gasteiger charge is 2.16. The van der Waals surface area contributed by atoms with Gasteiger partial charge in [0.2, 0.25) is 0 Å². The second-order valence-electron chi connectivity index (χ2n) is 4.70. The van der Waals surface area contributed by atoms with Crippen molar-refractivity contribution in [1.29, 1.82) is 0 Å². The number of aryl methyl sites for hydroxylation is 1. The normalized spacial score (nSPS) is 17.0. The van der Waals surface area contributed by atoms with Gasteiger partial charge in [-0.1, -0.05) is 0 Å². The van der Waals surface area contributed by atoms with E-state index < -0.39 is 5.97 Å². The molecule has 1 saturated heterocycles. The van der Waals surface area contributed by atoms with Crippen LogP contribution in [-0.4, -0.2) is 53.4 Å². The highest BCUT2D eigenvalue weighted by atomic mass is 16.5. The number of hydrogen-bond donors (Lipinski definition) is 1. The molecule has 0 bridgehead atoms. The van der Waals surface area contributed by atoms with E-state index in [9.17, 15) is 4.79 Å². The Hall–Kier alpha value is -1.33. The zero-order chi connectivity index (χ0) is 13.1. The lowest BCUT2D eigenvalue weighted by molar-refractivity contribution is 0.0363. The summed E-state index contributed by atoms with van der Waals surface area (Å²) in [5.74, 6) is -0.847. The first-order valence-electron chi connectivity index (χ1n) is 6.29. The maximum absolute atomic E-state index is 11.1. The summed E-state index contributed by atoms with van der Waals surface area (Å²) in [4.78, 5) is 13.4. The number of nitrogens with zero attached hydrogens (tertiary/aromatic N) is 2. The first kappa shape index (κ1) is 13.1. The highest BCUT2D eigenvalue weighted by Crippen LogP contribution is 2.15. The minimum absolute atomic E-state index is 0.412. The van der Waals surface area contributed by atoms with Crippen molar-refractivity contribution in [2.24, 2.45) is 0 Å². The second kappa shape index (κ2) is 5.54. The summed E-state index contributed by atoms with van der Waals surface area (Å²) in [6, 6.07) is 1.75. The Morgan fingerprint density at radius 3 is 2.56 bits per heavy atom. The van der Waals surface area contributed by atoms with Gasteiger partial charge in [0.1, 0.15) is 0 Å². The van der Waals surface area contributed by atoms with E-state index in [0.717, 1.165) is 50.8 Å². The zero-order valence-corrected chi connectivity index (χ0v) is 11.0. The molecule has 5 nitrogen and oxygen atoms in total. The third-order valence-corrected chi connectivity index (χ3v) is 3.55. The van der Waals surface area contributed by atoms with Crippen LogP contribution in [0.4, 0.5) is 0 Å². The van der Waals surface area contributed by atoms with Crippen molar-refractivity contribution >= 4 is 5.97 Å². The predicted octanol–water partition coefficient (Wildman–Crippen LogP) is 1.14. The molecule has 0 radical (unpaired) electrons. The second-order valence-corrected chi connectivity index (χ2v) is 4.70. The number of carboxylic acid groups (broad SMARTS) is 1. The fourth-order valence-electron chi connectivity index (χ4n) is 2.43. The monoisotopic (exact) mass is 252 g/mol. The molecule has 2 heterocycles. The molecule has 1 N–H and O–H groups in total. The molecule has 0 spiro atoms. The van der Waals surface area contributed by atoms with Gasteiger partial charge >= 0.3 is 5.97 Å². The Morgan fingerprint density at radius 1 is 1.33 bits per heavy atom. The van der Waals surface area contributed by atoms with Gasteiger partial charge < -0.3 is 14.4 Å². The van der Waals surface area contributed by atoms with Gasteiger partial charge in [0, 0.05) is 37.6 Å². The van der Waals surface area contributed by atoms with Crippen molar-refractivity contribution in [2.75, 3.05) is 32.8 Å². The summed E-state index contributed by atoms with van der Waals surface area (Å²) in [7, 11) is 0. The summed E-state index contributed by atoms with van der Waals surface area (Å²) in [5.41, 5.74) is 2.26. The molecule has 2 rings (SSSR count). The van der Waals surface area contributed by atoms with Crippen LogP contribution in [0, 0.1) is 13.8 Å². The Balaban J connectivity index is 2.02. The molecule has 1 aromatic heterocycles. The number of rotatable bonds is 4. The number of morpholine rings is 1. The lowest BCUT2D eigenvalue weighted by atomic mass is 10.2. The molecule has 1 fully saturated rings. The first-order chi connectivity index (χ1) is 8.59. The topological polar surface area (TPSA) is 54.7 Å². The minimum Gasteiger partial charge on any atom is -0.478 e. The molecule has 0 aliphatic carbocycles. The predicted molar refractivity (Wildman–Crippen MR) is 68.1 cm³/mol. The number of hydrogen-bond acceptors (Lipinski definition) is 3. The van der Waals surface area contributed by atoms with E-state index in [-0.39, 0.29) is 0 Å². The molecule has 1 aliphatic heterocycles. The number of carboxylic acids is 1. The summed E-state index contributed by atoms with van der Waals surface area (Å²) >= 11 is 0. The van der Waals surface area contributed by atoms with Gasteiger partial charge in [-0.2, -0.15) is 0 Å². The lowest BCUT2D eigenvalue weighted by Gasteiger charge is -2.27. The largest absolute Gasteiger partial charge is 0.478 e. The summed E-state index contributed by atoms with van der Waals surface area (Å²) in [6.07, 6.45) is 0. The van der Waals surface area contributed by atoms with Gasteiger partial charge in [0.05, 0.1) is 18.8 Å². The third-order valence-electron chi connectivity index (χ3n) is 3.55. The third kappa shape index (κ3) is 2.73. The molecule has 0 amide bonds. The van der Waals surface area contributed by atoms with Crippen LogP contribution in [-0.2, 0) is 11.3 Å². The highest BCUT2D eigenvalue weighted by molar-refractivity contribution is 5.89. The smallest absolute Gasteiger partial charge is 0.337 e. The summed E-state index contributed by atoms with van der Waals surface area (Å²) < 4.78 is 7.39. The molecule has 100 valence electrons. The summed E-state index contributed by atoms with van der Waals surface area (Å²) in [6.45, 7) is 9.13. The number of aromatic nitrogens is 1. The molecule has 5 heteroatoms. The average molecular weight is 252 g/mol. The minimum atomic E-state index is -0.847. The van der Waals surface area contributed by atoms with Crippen LogP contribution in [0.5, 0.6) is 0 Å². The fraction of sp³-hybridized carbons (Fsp3) is 0.615. The number of aromatic carboxylic acids is 1. The molecule has 18 heavy (non-hydrogen) atoms. The fourth-order valence-corrected chi connectivity index (χ4v) is 2.43. The van der Waals surface area contributed by atoms with E-state index in [2.05, 4.69) is 9.47 Å². The van der Waals surface area contributed by atoms with Gasteiger partial charge in [-0.25, -0.2) is 4.79 Å². The molecule has 0 unspecified atom stereocenters. The van der Waals surface area contributed by atoms with Crippen LogP contribution in [0.15, 0.2) is 6.07 Å². The van der Waals surface area contributed by atoms with Crippen molar-refractivity contribution in [3.63, 3.8) is 0 Å². The average Bonchev–Trinajstić information content (AvgIpc) is 2.64. The van der Waals surface area contributed by atoms with Crippen LogP contribution < -0.4 is 0 Å². The van der Waals surface area contributed by atoms with Crippen molar-refractivity contribution in [2.45, 2.75) is 20.4 Å². The molecule has 0 aromatic carbocycles. The molecular formula is C13H20N2O3. The standard InChI is InChI=1S/C13H20N2O3/c1-10-9-12(13(16)17)11(2)15(10)4-3-14-5-7-18-8-6-14/h9H,3-8H2,1-2H3,(H,16,17). The van der Waals surface area contributed by atoms with Crippen molar-refractivity contribution < 1.29 is 14.6 Å². The van der Waals surface area contributed by atoms with E-state index >= 15 is 0 Å². The number of carbonyl (C=O) groups is 1. The van der Waals surface area contributed by atoms with Crippen molar-refractivity contribution in [3.8, 4) is 0 Å². The Bertz CT molecular complexity index is 434. The van der Waals surface area contributed by atoms with Crippen LogP contribution in [0.3, 0.4) is 0 Å². The Labute approximate surface area is 107 Å². The van der Waals surface area contributed by atoms with Crippen molar-refractivity contribution in [1.82, 2.24) is 9.47 Å². The van der Waals surface area contributed by atoms with Crippen LogP contribution in [0.2, 0.25) is 0 Å². The van der Waals surface area contributed by atoms with Crippen LogP contribution in [0.25, 0.3) is 0 Å². The van der Waals surface area contributed by atoms with Crippen LogP contribution >= 0.6 is 0 Å². The van der Waals surface area contributed by atoms with Gasteiger partial charge in [-0.05, 0) is 19.9 Å². The van der Waals surface area contributed by atoms with Crippen LogP contribution in [0.1, 0.15) is 21.7 Å². The van der Waals surface area contributed by atoms with E-state index in [0.29, 0.717) is 5.56 Å². The van der Waals surface area contributed by atoms with E-state index in [4.69, 9.17) is 9.84 Å². The Kier molecular flexibility index (Phi) is 4.04. The maximum atomic E-state index is 11.1. The molecular weight excluding hydrogens is 232 g/mol. The quantitative estimate of drug-likeness (QED) is 0.873. The van der Waals surface area contributed by atoms with Gasteiger partial charge in [-0.15, -0.1) is 0 Å². The Morgan fingerprint density at radius 2 is 2.00 bits per heavy atom. The van der Waals surface area contributed by atoms with E-state index in [1.165, 1.54) is 0 Å². The molecule has 1 aliphatic rings. The zero-order valence-electron chi connectivity index (χ0n) is 11.0. The lowest BCUT2D eigenvalue weighted by Crippen LogP contribution is -2.38. The van der Waals surface area contributed by atoms with Crippen molar-refractivity contribution in [3.05, 3.63) is 23.0 Å². The number of ether oxygens (including phenoxy) is 1. The van der Waals surface area contributed by atoms with E-state index in [1.54, 1.807) is 6.07 Å². The van der Waals surface area contributed by atoms with Gasteiger partial charge in [-0.3, -0.25) is 4.90 Å².